The first-order chi connectivity index (χ1) is 12.2. The Balaban J connectivity index is 1.42. The number of carbonyl (C=O) groups excluding carboxylic acids is 2. The second-order valence-corrected chi connectivity index (χ2v) is 8.52. The monoisotopic (exact) mass is 362 g/mol. The molecule has 2 amide bonds. The van der Waals surface area contributed by atoms with E-state index in [1.54, 1.807) is 10.3 Å². The van der Waals surface area contributed by atoms with Crippen LogP contribution in [-0.2, 0) is 4.79 Å². The van der Waals surface area contributed by atoms with E-state index in [4.69, 9.17) is 0 Å². The Bertz CT molecular complexity index is 629. The predicted octanol–water partition coefficient (Wildman–Crippen LogP) is 2.57. The Hall–Kier alpha value is -1.50. The number of aromatic nitrogens is 2. The predicted molar refractivity (Wildman–Crippen MR) is 95.3 cm³/mol. The molecule has 0 aromatic carbocycles. The van der Waals surface area contributed by atoms with Crippen LogP contribution in [0.1, 0.15) is 61.9 Å². The van der Waals surface area contributed by atoms with Gasteiger partial charge in [0.1, 0.15) is 0 Å². The maximum atomic E-state index is 13.2. The molecular weight excluding hydrogens is 336 g/mol. The molecule has 0 radical (unpaired) electrons. The smallest absolute Gasteiger partial charge is 0.275 e. The van der Waals surface area contributed by atoms with Crippen molar-refractivity contribution in [1.29, 1.82) is 0 Å². The number of rotatable bonds is 3. The number of piperidine rings is 1. The second-order valence-electron chi connectivity index (χ2n) is 7.91. The van der Waals surface area contributed by atoms with E-state index in [1.807, 2.05) is 0 Å². The second kappa shape index (κ2) is 7.02. The minimum absolute atomic E-state index is 0.0807. The van der Waals surface area contributed by atoms with E-state index in [2.05, 4.69) is 14.5 Å². The molecule has 1 unspecified atom stereocenters. The van der Waals surface area contributed by atoms with Crippen molar-refractivity contribution in [2.24, 2.45) is 11.3 Å². The minimum Gasteiger partial charge on any atom is -0.342 e. The summed E-state index contributed by atoms with van der Waals surface area (Å²) in [7, 11) is 0. The van der Waals surface area contributed by atoms with Gasteiger partial charge in [0.25, 0.3) is 5.91 Å². The van der Waals surface area contributed by atoms with Crippen LogP contribution in [0.2, 0.25) is 0 Å². The van der Waals surface area contributed by atoms with E-state index < -0.39 is 0 Å². The summed E-state index contributed by atoms with van der Waals surface area (Å²) in [4.78, 5) is 29.7. The van der Waals surface area contributed by atoms with Gasteiger partial charge in [-0.05, 0) is 49.6 Å². The molecule has 3 fully saturated rings. The third-order valence-corrected chi connectivity index (χ3v) is 6.75. The van der Waals surface area contributed by atoms with Crippen LogP contribution >= 0.6 is 11.5 Å². The van der Waals surface area contributed by atoms with Gasteiger partial charge in [-0.3, -0.25) is 9.59 Å². The minimum atomic E-state index is -0.355. The summed E-state index contributed by atoms with van der Waals surface area (Å²) in [6.45, 7) is 3.01. The van der Waals surface area contributed by atoms with E-state index >= 15 is 0 Å². The number of hydrogen-bond donors (Lipinski definition) is 0. The van der Waals surface area contributed by atoms with Crippen LogP contribution in [0, 0.1) is 11.3 Å². The average Bonchev–Trinajstić information content (AvgIpc) is 3.31. The molecule has 4 rings (SSSR count). The zero-order valence-electron chi connectivity index (χ0n) is 14.7. The molecule has 3 aliphatic rings. The lowest BCUT2D eigenvalue weighted by atomic mass is 9.77. The Labute approximate surface area is 152 Å². The summed E-state index contributed by atoms with van der Waals surface area (Å²) in [6, 6.07) is 0. The number of nitrogens with zero attached hydrogens (tertiary/aromatic N) is 4. The third kappa shape index (κ3) is 3.30. The molecule has 1 aromatic heterocycles. The lowest BCUT2D eigenvalue weighted by Gasteiger charge is -2.41. The van der Waals surface area contributed by atoms with Crippen molar-refractivity contribution >= 4 is 23.3 Å². The van der Waals surface area contributed by atoms with E-state index in [9.17, 15) is 9.59 Å². The van der Waals surface area contributed by atoms with Crippen molar-refractivity contribution in [2.75, 3.05) is 26.2 Å². The van der Waals surface area contributed by atoms with Crippen LogP contribution in [0.4, 0.5) is 0 Å². The number of carbonyl (C=O) groups is 2. The maximum Gasteiger partial charge on any atom is 0.275 e. The van der Waals surface area contributed by atoms with Crippen LogP contribution in [0.3, 0.4) is 0 Å². The Kier molecular flexibility index (Phi) is 4.75. The molecule has 7 heteroatoms. The molecule has 1 saturated carbocycles. The summed E-state index contributed by atoms with van der Waals surface area (Å²) >= 11 is 1.19. The molecule has 3 heterocycles. The number of hydrogen-bond acceptors (Lipinski definition) is 5. The fourth-order valence-corrected chi connectivity index (χ4v) is 5.28. The Morgan fingerprint density at radius 2 is 2.04 bits per heavy atom. The topological polar surface area (TPSA) is 66.4 Å². The van der Waals surface area contributed by atoms with E-state index in [-0.39, 0.29) is 17.2 Å². The van der Waals surface area contributed by atoms with Crippen molar-refractivity contribution < 1.29 is 9.59 Å². The van der Waals surface area contributed by atoms with Gasteiger partial charge in [0.2, 0.25) is 5.91 Å². The first-order valence-electron chi connectivity index (χ1n) is 9.54. The highest BCUT2D eigenvalue weighted by Crippen LogP contribution is 2.41. The fourth-order valence-electron chi connectivity index (χ4n) is 4.85. The van der Waals surface area contributed by atoms with Crippen LogP contribution in [0.15, 0.2) is 5.38 Å². The van der Waals surface area contributed by atoms with Crippen molar-refractivity contribution in [3.05, 3.63) is 11.1 Å². The normalized spacial score (nSPS) is 28.1. The van der Waals surface area contributed by atoms with Crippen molar-refractivity contribution in [1.82, 2.24) is 19.4 Å². The van der Waals surface area contributed by atoms with E-state index in [0.717, 1.165) is 32.4 Å². The lowest BCUT2D eigenvalue weighted by Crippen LogP contribution is -2.51. The van der Waals surface area contributed by atoms with Gasteiger partial charge < -0.3 is 9.80 Å². The molecule has 1 atom stereocenters. The van der Waals surface area contributed by atoms with Gasteiger partial charge in [-0.1, -0.05) is 23.8 Å². The largest absolute Gasteiger partial charge is 0.342 e. The van der Waals surface area contributed by atoms with Crippen molar-refractivity contribution in [3.8, 4) is 0 Å². The summed E-state index contributed by atoms with van der Waals surface area (Å²) in [5.41, 5.74) is 0.0517. The highest BCUT2D eigenvalue weighted by atomic mass is 32.1. The average molecular weight is 362 g/mol. The fraction of sp³-hybridized carbons (Fsp3) is 0.778. The summed E-state index contributed by atoms with van der Waals surface area (Å²) in [5, 5.41) is 5.57. The van der Waals surface area contributed by atoms with Crippen LogP contribution in [0.5, 0.6) is 0 Å². The molecule has 0 bridgehead atoms. The van der Waals surface area contributed by atoms with Crippen LogP contribution in [-0.4, -0.2) is 57.4 Å². The highest BCUT2D eigenvalue weighted by Gasteiger charge is 2.49. The van der Waals surface area contributed by atoms with Crippen molar-refractivity contribution in [2.45, 2.75) is 51.4 Å². The Morgan fingerprint density at radius 3 is 2.80 bits per heavy atom. The quantitative estimate of drug-likeness (QED) is 0.829. The molecule has 1 aliphatic carbocycles. The highest BCUT2D eigenvalue weighted by molar-refractivity contribution is 7.03. The molecule has 25 heavy (non-hydrogen) atoms. The molecule has 6 nitrogen and oxygen atoms in total. The van der Waals surface area contributed by atoms with Crippen LogP contribution in [0.25, 0.3) is 0 Å². The maximum absolute atomic E-state index is 13.2. The summed E-state index contributed by atoms with van der Waals surface area (Å²) in [5.74, 6) is 0.881. The Morgan fingerprint density at radius 1 is 1.20 bits per heavy atom. The first-order valence-corrected chi connectivity index (χ1v) is 10.4. The molecule has 1 aromatic rings. The number of amides is 2. The van der Waals surface area contributed by atoms with Gasteiger partial charge in [0.05, 0.1) is 5.41 Å². The van der Waals surface area contributed by atoms with E-state index in [1.165, 1.54) is 43.6 Å². The zero-order valence-corrected chi connectivity index (χ0v) is 15.5. The van der Waals surface area contributed by atoms with Crippen LogP contribution < -0.4 is 0 Å². The van der Waals surface area contributed by atoms with Gasteiger partial charge in [-0.15, -0.1) is 5.10 Å². The van der Waals surface area contributed by atoms with Gasteiger partial charge in [-0.2, -0.15) is 0 Å². The van der Waals surface area contributed by atoms with Crippen molar-refractivity contribution in [3.63, 3.8) is 0 Å². The van der Waals surface area contributed by atoms with Gasteiger partial charge in [0.15, 0.2) is 5.69 Å². The standard InChI is InChI=1S/C18H26N4O2S/c23-16(15-12-25-20-19-15)22-10-8-18(13-22)7-4-9-21(17(18)24)11-14-5-2-1-3-6-14/h12,14H,1-11,13H2. The van der Waals surface area contributed by atoms with Gasteiger partial charge in [-0.25, -0.2) is 0 Å². The number of likely N-dealkylation sites (tertiary alicyclic amines) is 2. The van der Waals surface area contributed by atoms with Gasteiger partial charge in [0, 0.05) is 31.6 Å². The molecule has 1 spiro atoms. The van der Waals surface area contributed by atoms with Gasteiger partial charge >= 0.3 is 0 Å². The SMILES string of the molecule is O=C(c1csnn1)N1CCC2(CCCN(CC3CCCCC3)C2=O)C1. The summed E-state index contributed by atoms with van der Waals surface area (Å²) in [6.07, 6.45) is 9.23. The first kappa shape index (κ1) is 16.9. The zero-order chi connectivity index (χ0) is 17.3. The molecular formula is C18H26N4O2S. The summed E-state index contributed by atoms with van der Waals surface area (Å²) < 4.78 is 3.78. The molecule has 2 saturated heterocycles. The molecule has 2 aliphatic heterocycles. The third-order valence-electron chi connectivity index (χ3n) is 6.25. The molecule has 0 N–H and O–H groups in total. The lowest BCUT2D eigenvalue weighted by molar-refractivity contribution is -0.146. The van der Waals surface area contributed by atoms with E-state index in [0.29, 0.717) is 24.7 Å². The molecule has 136 valence electrons.